The number of rotatable bonds is 3. The molecule has 0 spiro atoms. The summed E-state index contributed by atoms with van der Waals surface area (Å²) in [6.45, 7) is 9.49. The van der Waals surface area contributed by atoms with Crippen molar-refractivity contribution in [1.29, 1.82) is 0 Å². The van der Waals surface area contributed by atoms with Gasteiger partial charge in [0.25, 0.3) is 0 Å². The van der Waals surface area contributed by atoms with Crippen LogP contribution in [0, 0.1) is 0 Å². The van der Waals surface area contributed by atoms with E-state index in [2.05, 4.69) is 75.1 Å². The smallest absolute Gasteiger partial charge is 0.147 e. The molecule has 0 aliphatic heterocycles. The van der Waals surface area contributed by atoms with Gasteiger partial charge in [-0.2, -0.15) is 0 Å². The molecule has 0 fully saturated rings. The summed E-state index contributed by atoms with van der Waals surface area (Å²) in [6, 6.07) is 16.1. The normalized spacial score (nSPS) is 15.8. The van der Waals surface area contributed by atoms with Crippen LogP contribution in [0.25, 0.3) is 17.2 Å². The van der Waals surface area contributed by atoms with Crippen molar-refractivity contribution in [3.63, 3.8) is 0 Å². The summed E-state index contributed by atoms with van der Waals surface area (Å²) < 4.78 is 0.661. The van der Waals surface area contributed by atoms with Gasteiger partial charge in [0, 0.05) is 0 Å². The number of fused-ring (bicyclic) bond motifs is 1. The maximum atomic E-state index is 2.44. The Bertz CT molecular complexity index is 730. The predicted octanol–water partition coefficient (Wildman–Crippen LogP) is 6.14. The molecular weight excluding hydrogens is 430 g/mol. The van der Waals surface area contributed by atoms with Crippen LogP contribution < -0.4 is 5.19 Å². The maximum absolute atomic E-state index is 2.44. The fourth-order valence-electron chi connectivity index (χ4n) is 3.17. The predicted molar refractivity (Wildman–Crippen MR) is 110 cm³/mol. The van der Waals surface area contributed by atoms with Crippen molar-refractivity contribution in [2.45, 2.75) is 36.6 Å². The first-order chi connectivity index (χ1) is 10.4. The SMILES string of the molecule is CCC1=Cc2c(-c3ccc([Si](C)(C)C)cc3)cccc2[CH]1[Zr].Cl.Cl. The van der Waals surface area contributed by atoms with Crippen molar-refractivity contribution >= 4 is 44.2 Å². The van der Waals surface area contributed by atoms with Gasteiger partial charge in [0.2, 0.25) is 0 Å². The van der Waals surface area contributed by atoms with Crippen LogP contribution in [0.5, 0.6) is 0 Å². The molecule has 0 nitrogen and oxygen atoms in total. The van der Waals surface area contributed by atoms with Crippen LogP contribution in [-0.2, 0) is 24.7 Å². The summed E-state index contributed by atoms with van der Waals surface area (Å²) in [6.07, 6.45) is 3.61. The molecule has 4 heteroatoms. The van der Waals surface area contributed by atoms with E-state index >= 15 is 0 Å². The molecule has 2 aromatic rings. The Kier molecular flexibility index (Phi) is 7.75. The molecule has 1 atom stereocenters. The summed E-state index contributed by atoms with van der Waals surface area (Å²) in [5, 5.41) is 1.53. The van der Waals surface area contributed by atoms with Crippen molar-refractivity contribution in [3.05, 3.63) is 59.2 Å². The molecule has 0 saturated carbocycles. The van der Waals surface area contributed by atoms with E-state index in [4.69, 9.17) is 0 Å². The number of allylic oxidation sites excluding steroid dienone is 1. The van der Waals surface area contributed by atoms with E-state index in [1.807, 2.05) is 0 Å². The second kappa shape index (κ2) is 8.49. The van der Waals surface area contributed by atoms with Gasteiger partial charge in [0.15, 0.2) is 0 Å². The van der Waals surface area contributed by atoms with Crippen LogP contribution >= 0.6 is 24.8 Å². The largest absolute Gasteiger partial charge is 0.147 e. The van der Waals surface area contributed by atoms with Gasteiger partial charge >= 0.3 is 151 Å². The van der Waals surface area contributed by atoms with E-state index in [1.54, 1.807) is 30.3 Å². The Balaban J connectivity index is 0.00000144. The first-order valence-corrected chi connectivity index (χ1v) is 13.0. The van der Waals surface area contributed by atoms with Crippen molar-refractivity contribution < 1.29 is 24.7 Å². The molecule has 3 rings (SSSR count). The quantitative estimate of drug-likeness (QED) is 0.488. The van der Waals surface area contributed by atoms with Crippen molar-refractivity contribution in [1.82, 2.24) is 0 Å². The van der Waals surface area contributed by atoms with Crippen molar-refractivity contribution in [3.8, 4) is 11.1 Å². The second-order valence-corrected chi connectivity index (χ2v) is 13.6. The molecule has 0 amide bonds. The van der Waals surface area contributed by atoms with Gasteiger partial charge in [-0.05, 0) is 0 Å². The molecule has 0 radical (unpaired) electrons. The van der Waals surface area contributed by atoms with E-state index in [9.17, 15) is 0 Å². The molecule has 127 valence electrons. The molecule has 0 saturated heterocycles. The summed E-state index contributed by atoms with van der Waals surface area (Å²) in [4.78, 5) is 0. The molecule has 0 aromatic heterocycles. The summed E-state index contributed by atoms with van der Waals surface area (Å²) in [5.41, 5.74) is 7.34. The number of halogens is 2. The molecule has 2 aromatic carbocycles. The third kappa shape index (κ3) is 4.15. The molecular formula is C20H25Cl2SiZr. The minimum absolute atomic E-state index is 0. The van der Waals surface area contributed by atoms with E-state index in [0.717, 1.165) is 0 Å². The van der Waals surface area contributed by atoms with Crippen LogP contribution in [0.1, 0.15) is 28.1 Å². The Morgan fingerprint density at radius 3 is 2.12 bits per heavy atom. The Morgan fingerprint density at radius 2 is 1.58 bits per heavy atom. The number of benzene rings is 2. The van der Waals surface area contributed by atoms with Crippen LogP contribution in [0.15, 0.2) is 48.0 Å². The van der Waals surface area contributed by atoms with Crippen LogP contribution in [0.2, 0.25) is 19.6 Å². The topological polar surface area (TPSA) is 0 Å². The molecule has 0 N–H and O–H groups in total. The van der Waals surface area contributed by atoms with Crippen LogP contribution in [0.3, 0.4) is 0 Å². The average molecular weight is 456 g/mol. The summed E-state index contributed by atoms with van der Waals surface area (Å²) >= 11 is 1.61. The molecule has 1 unspecified atom stereocenters. The molecule has 0 bridgehead atoms. The second-order valence-electron chi connectivity index (χ2n) is 7.14. The molecule has 1 aliphatic carbocycles. The molecule has 24 heavy (non-hydrogen) atoms. The van der Waals surface area contributed by atoms with Crippen molar-refractivity contribution in [2.75, 3.05) is 0 Å². The van der Waals surface area contributed by atoms with Gasteiger partial charge in [-0.3, -0.25) is 0 Å². The first kappa shape index (κ1) is 21.9. The Labute approximate surface area is 174 Å². The van der Waals surface area contributed by atoms with Gasteiger partial charge in [-0.1, -0.05) is 0 Å². The van der Waals surface area contributed by atoms with E-state index in [0.29, 0.717) is 3.63 Å². The Hall–Kier alpha value is -0.140. The van der Waals surface area contributed by atoms with E-state index in [-0.39, 0.29) is 24.8 Å². The van der Waals surface area contributed by atoms with Crippen molar-refractivity contribution in [2.24, 2.45) is 0 Å². The monoisotopic (exact) mass is 453 g/mol. The van der Waals surface area contributed by atoms with E-state index < -0.39 is 8.07 Å². The Morgan fingerprint density at radius 1 is 0.958 bits per heavy atom. The summed E-state index contributed by atoms with van der Waals surface area (Å²) in [7, 11) is -1.21. The zero-order valence-electron chi connectivity index (χ0n) is 14.7. The fraction of sp³-hybridized carbons (Fsp3) is 0.300. The minimum atomic E-state index is -1.21. The number of hydrogen-bond donors (Lipinski definition) is 0. The maximum Gasteiger partial charge on any atom is -0.147 e. The van der Waals surface area contributed by atoms with Crippen LogP contribution in [-0.4, -0.2) is 8.07 Å². The van der Waals surface area contributed by atoms with Crippen LogP contribution in [0.4, 0.5) is 0 Å². The zero-order chi connectivity index (χ0) is 15.9. The number of hydrogen-bond acceptors (Lipinski definition) is 0. The fourth-order valence-corrected chi connectivity index (χ4v) is 5.66. The third-order valence-electron chi connectivity index (χ3n) is 4.62. The molecule has 0 heterocycles. The van der Waals surface area contributed by atoms with E-state index in [1.165, 1.54) is 33.9 Å². The first-order valence-electron chi connectivity index (χ1n) is 8.07. The van der Waals surface area contributed by atoms with Gasteiger partial charge in [-0.25, -0.2) is 0 Å². The summed E-state index contributed by atoms with van der Waals surface area (Å²) in [5.74, 6) is 0. The van der Waals surface area contributed by atoms with Gasteiger partial charge < -0.3 is 0 Å². The minimum Gasteiger partial charge on any atom is -0.147 e. The van der Waals surface area contributed by atoms with Gasteiger partial charge in [0.05, 0.1) is 0 Å². The average Bonchev–Trinajstić information content (AvgIpc) is 2.83. The van der Waals surface area contributed by atoms with Gasteiger partial charge in [-0.15, -0.1) is 24.8 Å². The van der Waals surface area contributed by atoms with Gasteiger partial charge in [0.1, 0.15) is 0 Å². The zero-order valence-corrected chi connectivity index (χ0v) is 19.8. The molecule has 1 aliphatic rings. The standard InChI is InChI=1S/C20H23Si.2ClH.Zr/c1-5-15-13-17-7-6-8-19(20(17)14-15)16-9-11-18(12-10-16)21(2,3)4;;;/h6-14H,5H2,1-4H3;2*1H;. The third-order valence-corrected chi connectivity index (χ3v) is 8.36.